The summed E-state index contributed by atoms with van der Waals surface area (Å²) in [5, 5.41) is 3.15. The monoisotopic (exact) mass is 368 g/mol. The zero-order valence-electron chi connectivity index (χ0n) is 15.7. The van der Waals surface area contributed by atoms with E-state index in [4.69, 9.17) is 0 Å². The summed E-state index contributed by atoms with van der Waals surface area (Å²) in [6.07, 6.45) is 5.79. The highest BCUT2D eigenvalue weighted by Gasteiger charge is 2.21. The number of carbonyl (C=O) groups is 1. The molecule has 1 atom stereocenters. The van der Waals surface area contributed by atoms with Gasteiger partial charge in [-0.15, -0.1) is 11.8 Å². The molecule has 1 aliphatic heterocycles. The van der Waals surface area contributed by atoms with Crippen LogP contribution in [0.1, 0.15) is 36.5 Å². The average Bonchev–Trinajstić information content (AvgIpc) is 2.72. The van der Waals surface area contributed by atoms with Crippen molar-refractivity contribution in [2.45, 2.75) is 37.1 Å². The highest BCUT2D eigenvalue weighted by Crippen LogP contribution is 2.24. The fourth-order valence-corrected chi connectivity index (χ4v) is 4.05. The molecular formula is C22H28N2OS. The molecule has 1 fully saturated rings. The number of likely N-dealkylation sites (tertiary alicyclic amines) is 1. The normalized spacial score (nSPS) is 17.8. The Balaban J connectivity index is 1.66. The molecule has 1 N–H and O–H groups in total. The zero-order chi connectivity index (χ0) is 18.4. The van der Waals surface area contributed by atoms with Crippen molar-refractivity contribution in [1.29, 1.82) is 0 Å². The lowest BCUT2D eigenvalue weighted by Crippen LogP contribution is -2.46. The second-order valence-electron chi connectivity index (χ2n) is 6.80. The number of rotatable bonds is 6. The summed E-state index contributed by atoms with van der Waals surface area (Å²) in [7, 11) is 0. The maximum atomic E-state index is 12.6. The fourth-order valence-electron chi connectivity index (χ4n) is 3.64. The van der Waals surface area contributed by atoms with Crippen molar-refractivity contribution in [3.05, 3.63) is 54.1 Å². The minimum Gasteiger partial charge on any atom is -0.350 e. The standard InChI is InChI=1S/C22H28N2OS/c1-3-24-14-5-4-9-20(24)16-23-22(25)19-8-6-7-18(15-19)17-10-12-21(26-2)13-11-17/h6-8,10-13,15,20H,3-5,9,14,16H2,1-2H3,(H,23,25)/t20-/m1/s1. The molecule has 0 radical (unpaired) electrons. The third-order valence-corrected chi connectivity index (χ3v) is 5.95. The van der Waals surface area contributed by atoms with Crippen molar-refractivity contribution in [3.8, 4) is 11.1 Å². The number of nitrogens with zero attached hydrogens (tertiary/aromatic N) is 1. The van der Waals surface area contributed by atoms with E-state index in [9.17, 15) is 4.79 Å². The third-order valence-electron chi connectivity index (χ3n) is 5.20. The van der Waals surface area contributed by atoms with Gasteiger partial charge in [-0.3, -0.25) is 9.69 Å². The molecule has 0 aromatic heterocycles. The molecule has 0 unspecified atom stereocenters. The SMILES string of the molecule is CCN1CCCC[C@@H]1CNC(=O)c1cccc(-c2ccc(SC)cc2)c1. The molecule has 2 aromatic carbocycles. The molecule has 0 bridgehead atoms. The van der Waals surface area contributed by atoms with Crippen molar-refractivity contribution < 1.29 is 4.79 Å². The lowest BCUT2D eigenvalue weighted by Gasteiger charge is -2.34. The number of hydrogen-bond acceptors (Lipinski definition) is 3. The van der Waals surface area contributed by atoms with Gasteiger partial charge in [-0.25, -0.2) is 0 Å². The molecular weight excluding hydrogens is 340 g/mol. The molecule has 2 aromatic rings. The summed E-state index contributed by atoms with van der Waals surface area (Å²) in [5.74, 6) is 0.0224. The highest BCUT2D eigenvalue weighted by molar-refractivity contribution is 7.98. The second kappa shape index (κ2) is 9.24. The number of thioether (sulfide) groups is 1. The van der Waals surface area contributed by atoms with Gasteiger partial charge in [0.2, 0.25) is 0 Å². The Morgan fingerprint density at radius 2 is 1.96 bits per heavy atom. The summed E-state index contributed by atoms with van der Waals surface area (Å²) in [5.41, 5.74) is 2.95. The van der Waals surface area contributed by atoms with Gasteiger partial charge in [0.05, 0.1) is 0 Å². The van der Waals surface area contributed by atoms with Crippen molar-refractivity contribution in [2.75, 3.05) is 25.9 Å². The van der Waals surface area contributed by atoms with E-state index in [1.807, 2.05) is 18.2 Å². The number of nitrogens with one attached hydrogen (secondary N) is 1. The average molecular weight is 369 g/mol. The molecule has 3 nitrogen and oxygen atoms in total. The Bertz CT molecular complexity index is 729. The van der Waals surface area contributed by atoms with E-state index >= 15 is 0 Å². The molecule has 1 amide bonds. The predicted molar refractivity (Wildman–Crippen MR) is 111 cm³/mol. The van der Waals surface area contributed by atoms with Crippen LogP contribution in [-0.2, 0) is 0 Å². The molecule has 1 heterocycles. The number of benzene rings is 2. The van der Waals surface area contributed by atoms with E-state index in [1.165, 1.54) is 24.2 Å². The Labute approximate surface area is 161 Å². The van der Waals surface area contributed by atoms with Crippen molar-refractivity contribution in [2.24, 2.45) is 0 Å². The van der Waals surface area contributed by atoms with Gasteiger partial charge in [0.1, 0.15) is 0 Å². The molecule has 3 rings (SSSR count). The zero-order valence-corrected chi connectivity index (χ0v) is 16.5. The smallest absolute Gasteiger partial charge is 0.251 e. The number of carbonyl (C=O) groups excluding carboxylic acids is 1. The van der Waals surface area contributed by atoms with E-state index in [0.717, 1.165) is 36.3 Å². The molecule has 138 valence electrons. The first-order valence-corrected chi connectivity index (χ1v) is 10.7. The first-order chi connectivity index (χ1) is 12.7. The van der Waals surface area contributed by atoms with Gasteiger partial charge >= 0.3 is 0 Å². The predicted octanol–water partition coefficient (Wildman–Crippen LogP) is 4.68. The van der Waals surface area contributed by atoms with E-state index in [2.05, 4.69) is 53.7 Å². The van der Waals surface area contributed by atoms with Crippen LogP contribution in [0.25, 0.3) is 11.1 Å². The number of hydrogen-bond donors (Lipinski definition) is 1. The van der Waals surface area contributed by atoms with E-state index in [1.54, 1.807) is 11.8 Å². The Morgan fingerprint density at radius 1 is 1.15 bits per heavy atom. The molecule has 4 heteroatoms. The topological polar surface area (TPSA) is 32.3 Å². The molecule has 0 saturated carbocycles. The largest absolute Gasteiger partial charge is 0.350 e. The first kappa shape index (κ1) is 19.0. The minimum absolute atomic E-state index is 0.0224. The van der Waals surface area contributed by atoms with Crippen LogP contribution < -0.4 is 5.32 Å². The second-order valence-corrected chi connectivity index (χ2v) is 7.68. The van der Waals surface area contributed by atoms with E-state index in [0.29, 0.717) is 6.04 Å². The summed E-state index contributed by atoms with van der Waals surface area (Å²) < 4.78 is 0. The van der Waals surface area contributed by atoms with Gasteiger partial charge in [0.15, 0.2) is 0 Å². The van der Waals surface area contributed by atoms with Crippen LogP contribution in [0.2, 0.25) is 0 Å². The maximum absolute atomic E-state index is 12.6. The van der Waals surface area contributed by atoms with Gasteiger partial charge < -0.3 is 5.32 Å². The summed E-state index contributed by atoms with van der Waals surface area (Å²) in [6.45, 7) is 5.14. The van der Waals surface area contributed by atoms with Gasteiger partial charge in [-0.05, 0) is 67.6 Å². The quantitative estimate of drug-likeness (QED) is 0.752. The Morgan fingerprint density at radius 3 is 2.69 bits per heavy atom. The fraction of sp³-hybridized carbons (Fsp3) is 0.409. The molecule has 0 spiro atoms. The summed E-state index contributed by atoms with van der Waals surface area (Å²) in [6, 6.07) is 16.9. The molecule has 1 saturated heterocycles. The first-order valence-electron chi connectivity index (χ1n) is 9.48. The van der Waals surface area contributed by atoms with Gasteiger partial charge in [-0.2, -0.15) is 0 Å². The highest BCUT2D eigenvalue weighted by atomic mass is 32.2. The van der Waals surface area contributed by atoms with Crippen LogP contribution in [0.3, 0.4) is 0 Å². The van der Waals surface area contributed by atoms with Crippen LogP contribution in [0.15, 0.2) is 53.4 Å². The Hall–Kier alpha value is -1.78. The third kappa shape index (κ3) is 4.68. The number of likely N-dealkylation sites (N-methyl/N-ethyl adjacent to an activating group) is 1. The molecule has 26 heavy (non-hydrogen) atoms. The van der Waals surface area contributed by atoms with Gasteiger partial charge in [0.25, 0.3) is 5.91 Å². The van der Waals surface area contributed by atoms with Gasteiger partial charge in [0, 0.05) is 23.0 Å². The summed E-state index contributed by atoms with van der Waals surface area (Å²) >= 11 is 1.73. The van der Waals surface area contributed by atoms with Crippen molar-refractivity contribution >= 4 is 17.7 Å². The van der Waals surface area contributed by atoms with Crippen LogP contribution >= 0.6 is 11.8 Å². The molecule has 0 aliphatic carbocycles. The summed E-state index contributed by atoms with van der Waals surface area (Å²) in [4.78, 5) is 16.4. The van der Waals surface area contributed by atoms with Crippen LogP contribution in [0.5, 0.6) is 0 Å². The maximum Gasteiger partial charge on any atom is 0.251 e. The van der Waals surface area contributed by atoms with Gasteiger partial charge in [-0.1, -0.05) is 37.6 Å². The minimum atomic E-state index is 0.0224. The van der Waals surface area contributed by atoms with Crippen molar-refractivity contribution in [1.82, 2.24) is 10.2 Å². The lowest BCUT2D eigenvalue weighted by atomic mass is 10.0. The van der Waals surface area contributed by atoms with E-state index < -0.39 is 0 Å². The van der Waals surface area contributed by atoms with Crippen LogP contribution in [0.4, 0.5) is 0 Å². The lowest BCUT2D eigenvalue weighted by molar-refractivity contribution is 0.0918. The number of piperidine rings is 1. The Kier molecular flexibility index (Phi) is 6.75. The van der Waals surface area contributed by atoms with Crippen molar-refractivity contribution in [3.63, 3.8) is 0 Å². The molecule has 1 aliphatic rings. The van der Waals surface area contributed by atoms with Crippen LogP contribution in [0, 0.1) is 0 Å². The number of amides is 1. The van der Waals surface area contributed by atoms with Crippen LogP contribution in [-0.4, -0.2) is 42.7 Å². The van der Waals surface area contributed by atoms with E-state index in [-0.39, 0.29) is 5.91 Å².